The van der Waals surface area contributed by atoms with Crippen molar-refractivity contribution in [2.45, 2.75) is 18.9 Å². The van der Waals surface area contributed by atoms with E-state index in [4.69, 9.17) is 4.74 Å². The highest BCUT2D eigenvalue weighted by Crippen LogP contribution is 2.37. The minimum atomic E-state index is 0.110. The topological polar surface area (TPSA) is 48.3 Å². The van der Waals surface area contributed by atoms with E-state index >= 15 is 0 Å². The Morgan fingerprint density at radius 3 is 2.83 bits per heavy atom. The number of hydrogen-bond donors (Lipinski definition) is 2. The number of ether oxygens (including phenoxy) is 1. The lowest BCUT2D eigenvalue weighted by molar-refractivity contribution is -0.563. The van der Waals surface area contributed by atoms with Crippen LogP contribution in [0.2, 0.25) is 0 Å². The number of aromatic nitrogens is 1. The summed E-state index contributed by atoms with van der Waals surface area (Å²) >= 11 is 1.79. The van der Waals surface area contributed by atoms with Crippen molar-refractivity contribution >= 4 is 28.5 Å². The van der Waals surface area contributed by atoms with Crippen molar-refractivity contribution in [1.82, 2.24) is 4.98 Å². The van der Waals surface area contributed by atoms with Gasteiger partial charge in [0.1, 0.15) is 24.3 Å². The second-order valence-corrected chi connectivity index (χ2v) is 8.41. The molecule has 1 atom stereocenters. The van der Waals surface area contributed by atoms with Crippen molar-refractivity contribution in [3.63, 3.8) is 0 Å². The standard InChI is InChI=1S/C24H22N2O2S/c1-28-18-7-4-16(5-8-18)24-23-20(21-15-17(27)6-9-22(21)25-23)11-13-26(24)12-10-19-3-2-14-29-19/h2-9,12,14-15,24-25H,10-11,13H2,1H3/p+1. The molecule has 146 valence electrons. The molecule has 1 aliphatic heterocycles. The summed E-state index contributed by atoms with van der Waals surface area (Å²) in [5, 5.41) is 13.2. The Balaban J connectivity index is 1.63. The molecule has 2 aromatic heterocycles. The number of phenols is 1. The number of aromatic hydroxyl groups is 1. The van der Waals surface area contributed by atoms with E-state index in [9.17, 15) is 5.11 Å². The summed E-state index contributed by atoms with van der Waals surface area (Å²) in [6.45, 7) is 0.942. The normalized spacial score (nSPS) is 17.6. The molecule has 2 aromatic carbocycles. The number of hydrogen-bond acceptors (Lipinski definition) is 3. The van der Waals surface area contributed by atoms with Gasteiger partial charge in [-0.3, -0.25) is 0 Å². The fraction of sp³-hybridized carbons (Fsp3) is 0.208. The molecule has 1 aliphatic rings. The number of benzene rings is 2. The quantitative estimate of drug-likeness (QED) is 0.476. The number of thiophene rings is 1. The summed E-state index contributed by atoms with van der Waals surface area (Å²) in [6, 6.07) is 18.3. The third-order valence-corrected chi connectivity index (χ3v) is 6.59. The average Bonchev–Trinajstić information content (AvgIpc) is 3.39. The first-order valence-corrected chi connectivity index (χ1v) is 10.7. The Hall–Kier alpha value is -3.05. The Bertz CT molecular complexity index is 1170. The van der Waals surface area contributed by atoms with Gasteiger partial charge in [0.25, 0.3) is 0 Å². The molecule has 5 heteroatoms. The molecule has 0 aliphatic carbocycles. The van der Waals surface area contributed by atoms with Gasteiger partial charge in [-0.1, -0.05) is 6.07 Å². The maximum Gasteiger partial charge on any atom is 0.218 e. The number of H-pyrrole nitrogens is 1. The van der Waals surface area contributed by atoms with Crippen molar-refractivity contribution in [3.8, 4) is 11.5 Å². The van der Waals surface area contributed by atoms with Crippen LogP contribution in [0.3, 0.4) is 0 Å². The summed E-state index contributed by atoms with van der Waals surface area (Å²) in [5.74, 6) is 1.17. The first-order chi connectivity index (χ1) is 14.2. The van der Waals surface area contributed by atoms with Crippen molar-refractivity contribution in [1.29, 1.82) is 0 Å². The van der Waals surface area contributed by atoms with Gasteiger partial charge in [-0.25, -0.2) is 4.58 Å². The van der Waals surface area contributed by atoms with E-state index < -0.39 is 0 Å². The Morgan fingerprint density at radius 1 is 1.21 bits per heavy atom. The third-order valence-electron chi connectivity index (χ3n) is 5.69. The SMILES string of the molecule is COc1ccc(C2c3[nH]c4ccc(O)cc4c3CC[N+]2=CCc2cccs2)cc1. The molecule has 4 aromatic rings. The van der Waals surface area contributed by atoms with E-state index in [1.165, 1.54) is 21.7 Å². The molecule has 0 saturated heterocycles. The van der Waals surface area contributed by atoms with Crippen LogP contribution in [0.4, 0.5) is 0 Å². The third kappa shape index (κ3) is 3.32. The van der Waals surface area contributed by atoms with Gasteiger partial charge in [0, 0.05) is 27.8 Å². The summed E-state index contributed by atoms with van der Waals surface area (Å²) in [7, 11) is 1.69. The molecular weight excluding hydrogens is 380 g/mol. The molecule has 4 nitrogen and oxygen atoms in total. The molecular formula is C24H23N2O2S+. The van der Waals surface area contributed by atoms with Gasteiger partial charge in [0.2, 0.25) is 6.04 Å². The van der Waals surface area contributed by atoms with E-state index in [0.717, 1.165) is 36.0 Å². The van der Waals surface area contributed by atoms with Crippen LogP contribution in [0.5, 0.6) is 11.5 Å². The average molecular weight is 404 g/mol. The second-order valence-electron chi connectivity index (χ2n) is 7.38. The van der Waals surface area contributed by atoms with Crippen molar-refractivity contribution < 1.29 is 14.4 Å². The highest BCUT2D eigenvalue weighted by atomic mass is 32.1. The Labute approximate surface area is 173 Å². The van der Waals surface area contributed by atoms with Crippen LogP contribution >= 0.6 is 11.3 Å². The van der Waals surface area contributed by atoms with Crippen LogP contribution < -0.4 is 4.74 Å². The van der Waals surface area contributed by atoms with Gasteiger partial charge in [-0.05, 0) is 59.5 Å². The summed E-state index contributed by atoms with van der Waals surface area (Å²) in [4.78, 5) is 5.01. The van der Waals surface area contributed by atoms with E-state index in [0.29, 0.717) is 5.75 Å². The molecule has 1 unspecified atom stereocenters. The molecule has 0 radical (unpaired) electrons. The molecule has 0 amide bonds. The van der Waals surface area contributed by atoms with Gasteiger partial charge in [-0.2, -0.15) is 0 Å². The molecule has 0 spiro atoms. The lowest BCUT2D eigenvalue weighted by atomic mass is 9.93. The zero-order chi connectivity index (χ0) is 19.8. The number of phenolic OH excluding ortho intramolecular Hbond substituents is 1. The maximum absolute atomic E-state index is 9.99. The number of nitrogens with zero attached hydrogens (tertiary/aromatic N) is 1. The Morgan fingerprint density at radius 2 is 2.07 bits per heavy atom. The highest BCUT2D eigenvalue weighted by molar-refractivity contribution is 7.10. The minimum absolute atomic E-state index is 0.110. The van der Waals surface area contributed by atoms with Gasteiger partial charge in [0.05, 0.1) is 19.2 Å². The number of rotatable bonds is 4. The molecule has 29 heavy (non-hydrogen) atoms. The summed E-state index contributed by atoms with van der Waals surface area (Å²) in [6.07, 6.45) is 4.21. The summed E-state index contributed by atoms with van der Waals surface area (Å²) < 4.78 is 7.80. The number of fused-ring (bicyclic) bond motifs is 3. The van der Waals surface area contributed by atoms with E-state index in [1.807, 2.05) is 24.3 Å². The predicted octanol–water partition coefficient (Wildman–Crippen LogP) is 4.92. The van der Waals surface area contributed by atoms with Crippen LogP contribution in [-0.4, -0.2) is 34.5 Å². The van der Waals surface area contributed by atoms with Crippen molar-refractivity contribution in [3.05, 3.63) is 81.7 Å². The molecule has 5 rings (SSSR count). The highest BCUT2D eigenvalue weighted by Gasteiger charge is 2.34. The smallest absolute Gasteiger partial charge is 0.218 e. The second kappa shape index (κ2) is 7.41. The fourth-order valence-electron chi connectivity index (χ4n) is 4.27. The van der Waals surface area contributed by atoms with Gasteiger partial charge < -0.3 is 14.8 Å². The van der Waals surface area contributed by atoms with Crippen molar-refractivity contribution in [2.24, 2.45) is 0 Å². The molecule has 0 saturated carbocycles. The molecule has 3 heterocycles. The lowest BCUT2D eigenvalue weighted by Crippen LogP contribution is -2.29. The number of nitrogens with one attached hydrogen (secondary N) is 1. The van der Waals surface area contributed by atoms with Crippen LogP contribution in [0.1, 0.15) is 27.7 Å². The fourth-order valence-corrected chi connectivity index (χ4v) is 4.93. The minimum Gasteiger partial charge on any atom is -0.508 e. The Kier molecular flexibility index (Phi) is 4.60. The lowest BCUT2D eigenvalue weighted by Gasteiger charge is -2.22. The van der Waals surface area contributed by atoms with E-state index in [-0.39, 0.29) is 6.04 Å². The van der Waals surface area contributed by atoms with Crippen LogP contribution in [0.25, 0.3) is 10.9 Å². The monoisotopic (exact) mass is 403 g/mol. The van der Waals surface area contributed by atoms with Gasteiger partial charge >= 0.3 is 0 Å². The zero-order valence-corrected chi connectivity index (χ0v) is 17.1. The molecule has 0 fully saturated rings. The van der Waals surface area contributed by atoms with Crippen LogP contribution in [-0.2, 0) is 12.8 Å². The predicted molar refractivity (Wildman–Crippen MR) is 118 cm³/mol. The van der Waals surface area contributed by atoms with Crippen LogP contribution in [0, 0.1) is 0 Å². The van der Waals surface area contributed by atoms with Crippen molar-refractivity contribution in [2.75, 3.05) is 13.7 Å². The van der Waals surface area contributed by atoms with Gasteiger partial charge in [-0.15, -0.1) is 11.3 Å². The maximum atomic E-state index is 9.99. The van der Waals surface area contributed by atoms with E-state index in [1.54, 1.807) is 24.5 Å². The van der Waals surface area contributed by atoms with Crippen LogP contribution in [0.15, 0.2) is 60.0 Å². The molecule has 0 bridgehead atoms. The zero-order valence-electron chi connectivity index (χ0n) is 16.3. The molecule has 2 N–H and O–H groups in total. The first-order valence-electron chi connectivity index (χ1n) is 9.82. The number of aromatic amines is 1. The van der Waals surface area contributed by atoms with E-state index in [2.05, 4.69) is 45.4 Å². The first kappa shape index (κ1) is 18.0. The summed E-state index contributed by atoms with van der Waals surface area (Å²) in [5.41, 5.74) is 4.82. The van der Waals surface area contributed by atoms with Gasteiger partial charge in [0.15, 0.2) is 0 Å². The number of methoxy groups -OCH3 is 1. The largest absolute Gasteiger partial charge is 0.508 e.